The molecule has 30 heavy (non-hydrogen) atoms. The minimum Gasteiger partial charge on any atom is -0.390 e. The Morgan fingerprint density at radius 3 is 2.73 bits per heavy atom. The number of hydrogen-bond acceptors (Lipinski definition) is 5. The largest absolute Gasteiger partial charge is 0.390 e. The van der Waals surface area contributed by atoms with Gasteiger partial charge in [-0.15, -0.1) is 0 Å². The van der Waals surface area contributed by atoms with E-state index in [-0.39, 0.29) is 36.3 Å². The van der Waals surface area contributed by atoms with Gasteiger partial charge in [0.15, 0.2) is 5.78 Å². The van der Waals surface area contributed by atoms with Gasteiger partial charge in [-0.05, 0) is 50.3 Å². The van der Waals surface area contributed by atoms with Gasteiger partial charge in [0.05, 0.1) is 18.1 Å². The van der Waals surface area contributed by atoms with Gasteiger partial charge in [0.1, 0.15) is 23.2 Å². The lowest BCUT2D eigenvalue weighted by atomic mass is 9.66. The summed E-state index contributed by atoms with van der Waals surface area (Å²) in [5.74, 6) is -1.58. The molecule has 1 aromatic carbocycles. The zero-order valence-electron chi connectivity index (χ0n) is 16.6. The summed E-state index contributed by atoms with van der Waals surface area (Å²) in [6, 6.07) is 4.50. The number of carbonyl (C=O) groups excluding carboxylic acids is 2. The molecule has 2 heterocycles. The maximum absolute atomic E-state index is 13.6. The minimum absolute atomic E-state index is 0.0203. The van der Waals surface area contributed by atoms with Crippen LogP contribution in [0.25, 0.3) is 0 Å². The molecule has 0 radical (unpaired) electrons. The van der Waals surface area contributed by atoms with Crippen LogP contribution in [0.5, 0.6) is 0 Å². The van der Waals surface area contributed by atoms with Gasteiger partial charge in [-0.2, -0.15) is 0 Å². The van der Waals surface area contributed by atoms with Gasteiger partial charge in [0, 0.05) is 24.4 Å². The monoisotopic (exact) mass is 415 g/mol. The first-order chi connectivity index (χ1) is 14.3. The third kappa shape index (κ3) is 3.71. The summed E-state index contributed by atoms with van der Waals surface area (Å²) >= 11 is 0. The molecule has 2 fully saturated rings. The number of aliphatic hydroxyl groups is 1. The first kappa shape index (κ1) is 20.5. The number of aryl methyl sites for hydroxylation is 1. The van der Waals surface area contributed by atoms with Gasteiger partial charge >= 0.3 is 0 Å². The van der Waals surface area contributed by atoms with Gasteiger partial charge in [0.2, 0.25) is 5.91 Å². The number of nitrogens with zero attached hydrogens (tertiary/aromatic N) is 3. The second-order valence-corrected chi connectivity index (χ2v) is 8.29. The van der Waals surface area contributed by atoms with Crippen LogP contribution >= 0.6 is 0 Å². The number of halogens is 2. The summed E-state index contributed by atoms with van der Waals surface area (Å²) in [6.07, 6.45) is 3.11. The quantitative estimate of drug-likeness (QED) is 0.776. The maximum atomic E-state index is 13.6. The van der Waals surface area contributed by atoms with Crippen LogP contribution in [-0.2, 0) is 4.79 Å². The van der Waals surface area contributed by atoms with Crippen molar-refractivity contribution in [2.75, 3.05) is 11.4 Å². The van der Waals surface area contributed by atoms with Crippen LogP contribution in [-0.4, -0.2) is 39.4 Å². The Morgan fingerprint density at radius 1 is 1.30 bits per heavy atom. The van der Waals surface area contributed by atoms with Crippen LogP contribution in [0.4, 0.5) is 14.5 Å². The van der Waals surface area contributed by atoms with Crippen LogP contribution in [0.15, 0.2) is 30.5 Å². The molecule has 8 heteroatoms. The first-order valence-corrected chi connectivity index (χ1v) is 10.1. The number of anilines is 1. The highest BCUT2D eigenvalue weighted by Gasteiger charge is 2.55. The fraction of sp³-hybridized carbons (Fsp3) is 0.455. The average Bonchev–Trinajstić information content (AvgIpc) is 2.92. The van der Waals surface area contributed by atoms with Gasteiger partial charge in [0.25, 0.3) is 0 Å². The Morgan fingerprint density at radius 2 is 2.03 bits per heavy atom. The smallest absolute Gasteiger partial charge is 0.235 e. The number of hydrogen-bond donors (Lipinski definition) is 1. The molecule has 3 atom stereocenters. The number of Topliss-reactive ketones (excluding diaryl/α,β-unsaturated/α-hetero) is 1. The minimum atomic E-state index is -1.03. The summed E-state index contributed by atoms with van der Waals surface area (Å²) in [5.41, 5.74) is -0.589. The van der Waals surface area contributed by atoms with Gasteiger partial charge in [-0.1, -0.05) is 6.42 Å². The predicted octanol–water partition coefficient (Wildman–Crippen LogP) is 3.22. The van der Waals surface area contributed by atoms with Crippen LogP contribution in [0, 0.1) is 29.9 Å². The molecule has 1 aromatic heterocycles. The topological polar surface area (TPSA) is 83.4 Å². The van der Waals surface area contributed by atoms with Crippen molar-refractivity contribution in [2.24, 2.45) is 11.3 Å². The zero-order valence-corrected chi connectivity index (χ0v) is 16.6. The summed E-state index contributed by atoms with van der Waals surface area (Å²) in [5, 5.41) is 10.8. The van der Waals surface area contributed by atoms with E-state index in [1.54, 1.807) is 13.0 Å². The molecule has 3 unspecified atom stereocenters. The Hall–Kier alpha value is -2.74. The lowest BCUT2D eigenvalue weighted by Gasteiger charge is -2.38. The SMILES string of the molecule is Cc1nccc(C(=O)CC2CCCC3(C2)C(=O)N(c2cc(F)cc(F)c2)CC3O)n1. The number of β-amino-alcohol motifs (C(OH)–C–C–N with tert-alkyl or cyclic N) is 1. The number of aromatic nitrogens is 2. The van der Waals surface area contributed by atoms with E-state index in [1.807, 2.05) is 0 Å². The molecule has 1 aliphatic heterocycles. The Kier molecular flexibility index (Phi) is 5.36. The molecule has 2 aromatic rings. The molecule has 1 saturated heterocycles. The van der Waals surface area contributed by atoms with E-state index in [1.165, 1.54) is 11.1 Å². The summed E-state index contributed by atoms with van der Waals surface area (Å²) in [7, 11) is 0. The molecular formula is C22H23F2N3O3. The molecule has 6 nitrogen and oxygen atoms in total. The highest BCUT2D eigenvalue weighted by Crippen LogP contribution is 2.49. The molecule has 1 N–H and O–H groups in total. The Bertz CT molecular complexity index is 979. The Balaban J connectivity index is 1.53. The van der Waals surface area contributed by atoms with E-state index in [2.05, 4.69) is 9.97 Å². The molecule has 158 valence electrons. The van der Waals surface area contributed by atoms with E-state index in [9.17, 15) is 23.5 Å². The second kappa shape index (κ2) is 7.83. The van der Waals surface area contributed by atoms with E-state index < -0.39 is 23.2 Å². The zero-order chi connectivity index (χ0) is 21.5. The molecule has 1 spiro atoms. The van der Waals surface area contributed by atoms with Gasteiger partial charge in [-0.25, -0.2) is 18.7 Å². The third-order valence-electron chi connectivity index (χ3n) is 6.25. The summed E-state index contributed by atoms with van der Waals surface area (Å²) in [6.45, 7) is 1.69. The van der Waals surface area contributed by atoms with Crippen LogP contribution in [0.3, 0.4) is 0 Å². The lowest BCUT2D eigenvalue weighted by Crippen LogP contribution is -2.43. The molecule has 0 bridgehead atoms. The van der Waals surface area contributed by atoms with Gasteiger partial charge < -0.3 is 10.0 Å². The third-order valence-corrected chi connectivity index (χ3v) is 6.25. The van der Waals surface area contributed by atoms with Crippen molar-refractivity contribution in [3.63, 3.8) is 0 Å². The van der Waals surface area contributed by atoms with Crippen molar-refractivity contribution in [1.82, 2.24) is 9.97 Å². The van der Waals surface area contributed by atoms with E-state index in [4.69, 9.17) is 0 Å². The van der Waals surface area contributed by atoms with Crippen molar-refractivity contribution >= 4 is 17.4 Å². The number of rotatable bonds is 4. The molecular weight excluding hydrogens is 392 g/mol. The second-order valence-electron chi connectivity index (χ2n) is 8.29. The van der Waals surface area contributed by atoms with E-state index in [0.29, 0.717) is 30.8 Å². The highest BCUT2D eigenvalue weighted by molar-refractivity contribution is 6.01. The predicted molar refractivity (Wildman–Crippen MR) is 105 cm³/mol. The van der Waals surface area contributed by atoms with Crippen molar-refractivity contribution in [2.45, 2.75) is 45.1 Å². The van der Waals surface area contributed by atoms with Crippen molar-refractivity contribution in [1.29, 1.82) is 0 Å². The van der Waals surface area contributed by atoms with Gasteiger partial charge in [-0.3, -0.25) is 9.59 Å². The number of amides is 1. The molecule has 1 amide bonds. The number of aliphatic hydroxyl groups excluding tert-OH is 1. The van der Waals surface area contributed by atoms with Crippen molar-refractivity contribution in [3.05, 3.63) is 53.6 Å². The number of benzene rings is 1. The van der Waals surface area contributed by atoms with Crippen LogP contribution < -0.4 is 4.90 Å². The lowest BCUT2D eigenvalue weighted by molar-refractivity contribution is -0.132. The normalized spacial score (nSPS) is 26.4. The molecule has 1 aliphatic carbocycles. The molecule has 1 saturated carbocycles. The van der Waals surface area contributed by atoms with Crippen molar-refractivity contribution < 1.29 is 23.5 Å². The molecule has 2 aliphatic rings. The first-order valence-electron chi connectivity index (χ1n) is 10.1. The van der Waals surface area contributed by atoms with Crippen LogP contribution in [0.1, 0.15) is 48.4 Å². The fourth-order valence-corrected chi connectivity index (χ4v) is 4.83. The van der Waals surface area contributed by atoms with Crippen molar-refractivity contribution in [3.8, 4) is 0 Å². The van der Waals surface area contributed by atoms with E-state index in [0.717, 1.165) is 24.6 Å². The average molecular weight is 415 g/mol. The number of ketones is 1. The summed E-state index contributed by atoms with van der Waals surface area (Å²) < 4.78 is 27.3. The van der Waals surface area contributed by atoms with E-state index >= 15 is 0 Å². The maximum Gasteiger partial charge on any atom is 0.235 e. The molecule has 4 rings (SSSR count). The number of carbonyl (C=O) groups is 2. The standard InChI is InChI=1S/C22H23F2N3O3/c1-13-25-6-4-18(26-13)19(28)7-14-3-2-5-22(11-14)20(29)12-27(21(22)30)17-9-15(23)8-16(24)10-17/h4,6,8-10,14,20,29H,2-3,5,7,11-12H2,1H3. The fourth-order valence-electron chi connectivity index (χ4n) is 4.83. The Labute approximate surface area is 173 Å². The summed E-state index contributed by atoms with van der Waals surface area (Å²) in [4.78, 5) is 35.4. The van der Waals surface area contributed by atoms with Crippen LogP contribution in [0.2, 0.25) is 0 Å². The highest BCUT2D eigenvalue weighted by atomic mass is 19.1.